The van der Waals surface area contributed by atoms with Crippen LogP contribution >= 0.6 is 0 Å². The molecule has 0 aliphatic carbocycles. The van der Waals surface area contributed by atoms with Crippen molar-refractivity contribution in [2.75, 3.05) is 12.4 Å². The Kier molecular flexibility index (Phi) is 3.04. The van der Waals surface area contributed by atoms with Crippen molar-refractivity contribution >= 4 is 5.82 Å². The predicted octanol–water partition coefficient (Wildman–Crippen LogP) is 2.51. The molecule has 0 unspecified atom stereocenters. The van der Waals surface area contributed by atoms with Crippen molar-refractivity contribution in [3.63, 3.8) is 0 Å². The van der Waals surface area contributed by atoms with Gasteiger partial charge in [0.1, 0.15) is 5.82 Å². The largest absolute Gasteiger partial charge is 0.373 e. The van der Waals surface area contributed by atoms with E-state index in [0.29, 0.717) is 5.82 Å². The molecular formula is C13H16N4. The van der Waals surface area contributed by atoms with E-state index in [4.69, 9.17) is 0 Å². The van der Waals surface area contributed by atoms with Crippen molar-refractivity contribution < 1.29 is 0 Å². The average molecular weight is 228 g/mol. The van der Waals surface area contributed by atoms with Crippen molar-refractivity contribution in [1.29, 1.82) is 0 Å². The van der Waals surface area contributed by atoms with Crippen LogP contribution in [0.5, 0.6) is 0 Å². The molecular weight excluding hydrogens is 212 g/mol. The van der Waals surface area contributed by atoms with Crippen LogP contribution in [-0.2, 0) is 0 Å². The molecule has 0 bridgehead atoms. The van der Waals surface area contributed by atoms with Gasteiger partial charge in [0, 0.05) is 35.8 Å². The lowest BCUT2D eigenvalue weighted by Crippen LogP contribution is -2.02. The van der Waals surface area contributed by atoms with Crippen molar-refractivity contribution in [2.24, 2.45) is 0 Å². The van der Waals surface area contributed by atoms with Gasteiger partial charge in [-0.25, -0.2) is 9.97 Å². The van der Waals surface area contributed by atoms with Crippen molar-refractivity contribution in [3.8, 4) is 11.4 Å². The van der Waals surface area contributed by atoms with E-state index >= 15 is 0 Å². The molecule has 4 heteroatoms. The molecule has 4 nitrogen and oxygen atoms in total. The minimum atomic E-state index is 0.713. The Morgan fingerprint density at radius 1 is 1.06 bits per heavy atom. The van der Waals surface area contributed by atoms with Crippen LogP contribution in [0.15, 0.2) is 18.3 Å². The van der Waals surface area contributed by atoms with E-state index in [1.54, 1.807) is 6.20 Å². The lowest BCUT2D eigenvalue weighted by atomic mass is 10.2. The average Bonchev–Trinajstić information content (AvgIpc) is 2.33. The fourth-order valence-electron chi connectivity index (χ4n) is 1.60. The fourth-order valence-corrected chi connectivity index (χ4v) is 1.60. The van der Waals surface area contributed by atoms with Crippen LogP contribution in [-0.4, -0.2) is 22.0 Å². The Balaban J connectivity index is 2.52. The highest BCUT2D eigenvalue weighted by molar-refractivity contribution is 5.58. The highest BCUT2D eigenvalue weighted by Gasteiger charge is 2.08. The molecule has 2 aromatic heterocycles. The first-order chi connectivity index (χ1) is 8.11. The first-order valence-corrected chi connectivity index (χ1v) is 5.58. The van der Waals surface area contributed by atoms with Crippen LogP contribution in [0.2, 0.25) is 0 Å². The maximum absolute atomic E-state index is 4.49. The second kappa shape index (κ2) is 4.49. The maximum Gasteiger partial charge on any atom is 0.163 e. The minimum absolute atomic E-state index is 0.713. The predicted molar refractivity (Wildman–Crippen MR) is 69.0 cm³/mol. The SMILES string of the molecule is CNc1nc(-c2ccc(C)nc2)nc(C)c1C. The third kappa shape index (κ3) is 2.25. The molecule has 0 saturated heterocycles. The third-order valence-electron chi connectivity index (χ3n) is 2.80. The summed E-state index contributed by atoms with van der Waals surface area (Å²) in [7, 11) is 1.87. The molecule has 0 aromatic carbocycles. The van der Waals surface area contributed by atoms with Crippen molar-refractivity contribution in [2.45, 2.75) is 20.8 Å². The van der Waals surface area contributed by atoms with Gasteiger partial charge in [0.15, 0.2) is 5.82 Å². The third-order valence-corrected chi connectivity index (χ3v) is 2.80. The minimum Gasteiger partial charge on any atom is -0.373 e. The zero-order valence-corrected chi connectivity index (χ0v) is 10.6. The van der Waals surface area contributed by atoms with Gasteiger partial charge in [-0.15, -0.1) is 0 Å². The fraction of sp³-hybridized carbons (Fsp3) is 0.308. The van der Waals surface area contributed by atoms with Crippen molar-refractivity contribution in [3.05, 3.63) is 35.3 Å². The first-order valence-electron chi connectivity index (χ1n) is 5.58. The number of anilines is 1. The Labute approximate surface area is 101 Å². The Hall–Kier alpha value is -1.97. The van der Waals surface area contributed by atoms with E-state index in [2.05, 4.69) is 20.3 Å². The Morgan fingerprint density at radius 2 is 1.82 bits per heavy atom. The molecule has 0 spiro atoms. The second-order valence-electron chi connectivity index (χ2n) is 4.04. The summed E-state index contributed by atoms with van der Waals surface area (Å²) >= 11 is 0. The normalized spacial score (nSPS) is 10.4. The van der Waals surface area contributed by atoms with Gasteiger partial charge in [0.2, 0.25) is 0 Å². The molecule has 2 rings (SSSR count). The van der Waals surface area contributed by atoms with Crippen LogP contribution in [0, 0.1) is 20.8 Å². The van der Waals surface area contributed by atoms with Crippen LogP contribution in [0.25, 0.3) is 11.4 Å². The van der Waals surface area contributed by atoms with E-state index in [1.807, 2.05) is 40.0 Å². The molecule has 0 aliphatic heterocycles. The number of pyridine rings is 1. The summed E-state index contributed by atoms with van der Waals surface area (Å²) in [5.41, 5.74) is 4.00. The summed E-state index contributed by atoms with van der Waals surface area (Å²) in [6, 6.07) is 3.96. The first kappa shape index (κ1) is 11.5. The molecule has 0 fully saturated rings. The molecule has 1 N–H and O–H groups in total. The van der Waals surface area contributed by atoms with Gasteiger partial charge in [-0.2, -0.15) is 0 Å². The Bertz CT molecular complexity index is 532. The number of aromatic nitrogens is 3. The van der Waals surface area contributed by atoms with Gasteiger partial charge < -0.3 is 5.32 Å². The second-order valence-corrected chi connectivity index (χ2v) is 4.04. The van der Waals surface area contributed by atoms with Gasteiger partial charge in [-0.3, -0.25) is 4.98 Å². The van der Waals surface area contributed by atoms with E-state index < -0.39 is 0 Å². The molecule has 0 radical (unpaired) electrons. The van der Waals surface area contributed by atoms with E-state index in [1.165, 1.54) is 0 Å². The number of hydrogen-bond acceptors (Lipinski definition) is 4. The van der Waals surface area contributed by atoms with E-state index in [-0.39, 0.29) is 0 Å². The summed E-state index contributed by atoms with van der Waals surface area (Å²) in [5, 5.41) is 3.09. The molecule has 2 heterocycles. The van der Waals surface area contributed by atoms with E-state index in [0.717, 1.165) is 28.3 Å². The summed E-state index contributed by atoms with van der Waals surface area (Å²) in [5.74, 6) is 1.58. The van der Waals surface area contributed by atoms with Gasteiger partial charge in [0.05, 0.1) is 0 Å². The van der Waals surface area contributed by atoms with Crippen LogP contribution in [0.1, 0.15) is 17.0 Å². The molecule has 2 aromatic rings. The Morgan fingerprint density at radius 3 is 2.41 bits per heavy atom. The zero-order chi connectivity index (χ0) is 12.4. The van der Waals surface area contributed by atoms with Crippen LogP contribution < -0.4 is 5.32 Å². The number of nitrogens with one attached hydrogen (secondary N) is 1. The summed E-state index contributed by atoms with van der Waals surface area (Å²) in [6.45, 7) is 5.96. The lowest BCUT2D eigenvalue weighted by molar-refractivity contribution is 1.06. The molecule has 88 valence electrons. The monoisotopic (exact) mass is 228 g/mol. The maximum atomic E-state index is 4.49. The summed E-state index contributed by atoms with van der Waals surface area (Å²) in [6.07, 6.45) is 1.80. The molecule has 0 atom stereocenters. The summed E-state index contributed by atoms with van der Waals surface area (Å²) in [4.78, 5) is 13.2. The number of hydrogen-bond donors (Lipinski definition) is 1. The van der Waals surface area contributed by atoms with Crippen molar-refractivity contribution in [1.82, 2.24) is 15.0 Å². The topological polar surface area (TPSA) is 50.7 Å². The van der Waals surface area contributed by atoms with Gasteiger partial charge >= 0.3 is 0 Å². The van der Waals surface area contributed by atoms with Crippen LogP contribution in [0.4, 0.5) is 5.82 Å². The quantitative estimate of drug-likeness (QED) is 0.858. The molecule has 0 amide bonds. The molecule has 0 aliphatic rings. The molecule has 17 heavy (non-hydrogen) atoms. The summed E-state index contributed by atoms with van der Waals surface area (Å²) < 4.78 is 0. The number of rotatable bonds is 2. The lowest BCUT2D eigenvalue weighted by Gasteiger charge is -2.09. The number of aryl methyl sites for hydroxylation is 2. The number of nitrogens with zero attached hydrogens (tertiary/aromatic N) is 3. The molecule has 0 saturated carbocycles. The van der Waals surface area contributed by atoms with Crippen LogP contribution in [0.3, 0.4) is 0 Å². The highest BCUT2D eigenvalue weighted by Crippen LogP contribution is 2.20. The van der Waals surface area contributed by atoms with Gasteiger partial charge in [0.25, 0.3) is 0 Å². The van der Waals surface area contributed by atoms with Gasteiger partial charge in [-0.1, -0.05) is 0 Å². The highest BCUT2D eigenvalue weighted by atomic mass is 15.0. The zero-order valence-electron chi connectivity index (χ0n) is 10.6. The van der Waals surface area contributed by atoms with E-state index in [9.17, 15) is 0 Å². The standard InChI is InChI=1S/C13H16N4/c1-8-5-6-11(7-15-8)13-16-10(3)9(2)12(14-4)17-13/h5-7H,1-4H3,(H,14,16,17). The van der Waals surface area contributed by atoms with Gasteiger partial charge in [-0.05, 0) is 32.9 Å². The smallest absolute Gasteiger partial charge is 0.163 e.